The fraction of sp³-hybridized carbons (Fsp3) is 0.357. The normalized spacial score (nSPS) is 12.6. The number of aliphatic hydroxyl groups excluding tert-OH is 1. The number of hydrogen-bond acceptors (Lipinski definition) is 4. The van der Waals surface area contributed by atoms with Crippen LogP contribution in [0.1, 0.15) is 10.4 Å². The summed E-state index contributed by atoms with van der Waals surface area (Å²) in [6.07, 6.45) is 0.954. The van der Waals surface area contributed by atoms with Crippen LogP contribution in [-0.2, 0) is 4.74 Å². The van der Waals surface area contributed by atoms with Crippen LogP contribution in [0, 0.1) is 0 Å². The third-order valence-electron chi connectivity index (χ3n) is 3.13. The van der Waals surface area contributed by atoms with Gasteiger partial charge in [0.2, 0.25) is 0 Å². The minimum Gasteiger partial charge on any atom is -0.399 e. The smallest absolute Gasteiger partial charge is 0.255 e. The first-order valence-electron chi connectivity index (χ1n) is 6.32. The van der Waals surface area contributed by atoms with E-state index in [0.717, 1.165) is 10.9 Å². The molecule has 0 aliphatic heterocycles. The Kier molecular flexibility index (Phi) is 4.26. The lowest BCUT2D eigenvalue weighted by Gasteiger charge is -2.20. The molecule has 0 aliphatic rings. The number of carbonyl (C=O) groups excluding carboxylic acids is 1. The van der Waals surface area contributed by atoms with Crippen molar-refractivity contribution in [3.05, 3.63) is 30.0 Å². The van der Waals surface area contributed by atoms with Crippen molar-refractivity contribution in [2.45, 2.75) is 6.10 Å². The highest BCUT2D eigenvalue weighted by atomic mass is 16.5. The van der Waals surface area contributed by atoms with E-state index >= 15 is 0 Å². The topological polar surface area (TPSA) is 91.6 Å². The minimum absolute atomic E-state index is 0.169. The number of amides is 1. The van der Waals surface area contributed by atoms with Gasteiger partial charge in [0.15, 0.2) is 0 Å². The molecule has 1 amide bonds. The van der Waals surface area contributed by atoms with Crippen molar-refractivity contribution in [1.29, 1.82) is 0 Å². The van der Waals surface area contributed by atoms with Crippen molar-refractivity contribution in [2.24, 2.45) is 0 Å². The van der Waals surface area contributed by atoms with Crippen LogP contribution in [-0.4, -0.2) is 54.3 Å². The van der Waals surface area contributed by atoms with Crippen LogP contribution in [0.25, 0.3) is 10.9 Å². The average Bonchev–Trinajstić information content (AvgIpc) is 2.80. The Morgan fingerprint density at radius 2 is 2.30 bits per heavy atom. The lowest BCUT2D eigenvalue weighted by atomic mass is 10.1. The zero-order valence-corrected chi connectivity index (χ0v) is 11.6. The molecule has 0 fully saturated rings. The number of aliphatic hydroxyl groups is 1. The molecule has 0 bridgehead atoms. The molecule has 6 nitrogen and oxygen atoms in total. The number of nitrogens with zero attached hydrogens (tertiary/aromatic N) is 1. The van der Waals surface area contributed by atoms with Gasteiger partial charge in [0, 0.05) is 43.5 Å². The van der Waals surface area contributed by atoms with Crippen LogP contribution >= 0.6 is 0 Å². The number of aromatic nitrogens is 1. The number of carbonyl (C=O) groups is 1. The second-order valence-corrected chi connectivity index (χ2v) is 4.80. The monoisotopic (exact) mass is 277 g/mol. The number of fused-ring (bicyclic) bond motifs is 1. The quantitative estimate of drug-likeness (QED) is 0.706. The number of anilines is 1. The number of methoxy groups -OCH3 is 1. The molecule has 1 aromatic heterocycles. The van der Waals surface area contributed by atoms with Crippen LogP contribution in [0.15, 0.2) is 24.4 Å². The van der Waals surface area contributed by atoms with Crippen molar-refractivity contribution in [3.63, 3.8) is 0 Å². The van der Waals surface area contributed by atoms with Gasteiger partial charge >= 0.3 is 0 Å². The Morgan fingerprint density at radius 3 is 3.00 bits per heavy atom. The van der Waals surface area contributed by atoms with E-state index in [1.54, 1.807) is 25.4 Å². The van der Waals surface area contributed by atoms with Gasteiger partial charge in [0.1, 0.15) is 0 Å². The van der Waals surface area contributed by atoms with E-state index < -0.39 is 6.10 Å². The van der Waals surface area contributed by atoms with Crippen molar-refractivity contribution < 1.29 is 14.6 Å². The molecule has 6 heteroatoms. The van der Waals surface area contributed by atoms with E-state index in [-0.39, 0.29) is 19.1 Å². The largest absolute Gasteiger partial charge is 0.399 e. The molecule has 1 heterocycles. The number of ether oxygens (including phenoxy) is 1. The molecule has 2 aromatic rings. The summed E-state index contributed by atoms with van der Waals surface area (Å²) in [5.74, 6) is -0.169. The highest BCUT2D eigenvalue weighted by Crippen LogP contribution is 2.22. The first-order valence-corrected chi connectivity index (χ1v) is 6.32. The molecule has 108 valence electrons. The molecule has 0 saturated carbocycles. The van der Waals surface area contributed by atoms with E-state index in [9.17, 15) is 9.90 Å². The number of nitrogens with two attached hydrogens (primary N) is 1. The van der Waals surface area contributed by atoms with Crippen LogP contribution in [0.3, 0.4) is 0 Å². The Labute approximate surface area is 117 Å². The Balaban J connectivity index is 2.20. The number of H-pyrrole nitrogens is 1. The molecule has 0 saturated heterocycles. The summed E-state index contributed by atoms with van der Waals surface area (Å²) in [6, 6.07) is 5.37. The van der Waals surface area contributed by atoms with Crippen LogP contribution in [0.4, 0.5) is 5.69 Å². The van der Waals surface area contributed by atoms with Gasteiger partial charge in [0.05, 0.1) is 18.3 Å². The summed E-state index contributed by atoms with van der Waals surface area (Å²) in [5, 5.41) is 10.5. The lowest BCUT2D eigenvalue weighted by Crippen LogP contribution is -2.36. The van der Waals surface area contributed by atoms with Gasteiger partial charge < -0.3 is 25.5 Å². The second-order valence-electron chi connectivity index (χ2n) is 4.80. The van der Waals surface area contributed by atoms with Gasteiger partial charge in [-0.15, -0.1) is 0 Å². The van der Waals surface area contributed by atoms with E-state index in [1.807, 2.05) is 6.07 Å². The third kappa shape index (κ3) is 2.92. The van der Waals surface area contributed by atoms with Gasteiger partial charge in [-0.1, -0.05) is 0 Å². The number of aromatic amines is 1. The Hall–Kier alpha value is -2.05. The molecule has 4 N–H and O–H groups in total. The van der Waals surface area contributed by atoms with E-state index in [0.29, 0.717) is 11.3 Å². The van der Waals surface area contributed by atoms with Crippen molar-refractivity contribution in [1.82, 2.24) is 9.88 Å². The Morgan fingerprint density at radius 1 is 1.55 bits per heavy atom. The molecule has 0 radical (unpaired) electrons. The van der Waals surface area contributed by atoms with Crippen molar-refractivity contribution >= 4 is 22.5 Å². The Bertz CT molecular complexity index is 609. The zero-order chi connectivity index (χ0) is 14.7. The summed E-state index contributed by atoms with van der Waals surface area (Å²) < 4.78 is 4.85. The van der Waals surface area contributed by atoms with Crippen LogP contribution in [0.5, 0.6) is 0 Å². The molecule has 1 unspecified atom stereocenters. The predicted molar refractivity (Wildman–Crippen MR) is 77.6 cm³/mol. The standard InChI is InChI=1S/C14H19N3O3/c1-17(7-10(18)8-20-2)14(19)12-6-16-13-4-3-9(15)5-11(12)13/h3-6,10,16,18H,7-8,15H2,1-2H3. The molecule has 1 atom stereocenters. The molecule has 2 rings (SSSR count). The maximum absolute atomic E-state index is 12.4. The summed E-state index contributed by atoms with van der Waals surface area (Å²) in [7, 11) is 3.15. The summed E-state index contributed by atoms with van der Waals surface area (Å²) in [6.45, 7) is 0.403. The minimum atomic E-state index is -0.704. The third-order valence-corrected chi connectivity index (χ3v) is 3.13. The van der Waals surface area contributed by atoms with Gasteiger partial charge in [0.25, 0.3) is 5.91 Å². The number of hydrogen-bond donors (Lipinski definition) is 3. The van der Waals surface area contributed by atoms with E-state index in [4.69, 9.17) is 10.5 Å². The summed E-state index contributed by atoms with van der Waals surface area (Å²) in [4.78, 5) is 16.9. The molecule has 20 heavy (non-hydrogen) atoms. The summed E-state index contributed by atoms with van der Waals surface area (Å²) >= 11 is 0. The zero-order valence-electron chi connectivity index (χ0n) is 11.6. The second kappa shape index (κ2) is 5.94. The van der Waals surface area contributed by atoms with Gasteiger partial charge in [-0.25, -0.2) is 0 Å². The lowest BCUT2D eigenvalue weighted by molar-refractivity contribution is 0.0381. The number of rotatable bonds is 5. The number of likely N-dealkylation sites (N-methyl/N-ethyl adjacent to an activating group) is 1. The molecule has 1 aromatic carbocycles. The SMILES string of the molecule is COCC(O)CN(C)C(=O)c1c[nH]c2ccc(N)cc12. The van der Waals surface area contributed by atoms with Gasteiger partial charge in [-0.3, -0.25) is 4.79 Å². The first kappa shape index (κ1) is 14.4. The average molecular weight is 277 g/mol. The van der Waals surface area contributed by atoms with Crippen LogP contribution < -0.4 is 5.73 Å². The van der Waals surface area contributed by atoms with Crippen molar-refractivity contribution in [2.75, 3.05) is 33.0 Å². The molecule has 0 aliphatic carbocycles. The number of nitrogen functional groups attached to an aromatic ring is 1. The fourth-order valence-electron chi connectivity index (χ4n) is 2.16. The van der Waals surface area contributed by atoms with Gasteiger partial charge in [-0.05, 0) is 18.2 Å². The predicted octanol–water partition coefficient (Wildman–Crippen LogP) is 0.829. The number of benzene rings is 1. The highest BCUT2D eigenvalue weighted by Gasteiger charge is 2.18. The number of nitrogens with one attached hydrogen (secondary N) is 1. The first-order chi connectivity index (χ1) is 9.52. The van der Waals surface area contributed by atoms with Crippen LogP contribution in [0.2, 0.25) is 0 Å². The van der Waals surface area contributed by atoms with E-state index in [1.165, 1.54) is 12.0 Å². The van der Waals surface area contributed by atoms with E-state index in [2.05, 4.69) is 4.98 Å². The fourth-order valence-corrected chi connectivity index (χ4v) is 2.16. The van der Waals surface area contributed by atoms with Gasteiger partial charge in [-0.2, -0.15) is 0 Å². The maximum atomic E-state index is 12.4. The highest BCUT2D eigenvalue weighted by molar-refractivity contribution is 6.07. The summed E-state index contributed by atoms with van der Waals surface area (Å²) in [5.41, 5.74) is 7.75. The maximum Gasteiger partial charge on any atom is 0.255 e. The van der Waals surface area contributed by atoms with Crippen molar-refractivity contribution in [3.8, 4) is 0 Å². The molecular weight excluding hydrogens is 258 g/mol. The molecular formula is C14H19N3O3. The molecule has 0 spiro atoms.